The molecule has 0 saturated carbocycles. The summed E-state index contributed by atoms with van der Waals surface area (Å²) in [6, 6.07) is -0.744. The van der Waals surface area contributed by atoms with Gasteiger partial charge in [-0.2, -0.15) is 0 Å². The molecule has 14 heavy (non-hydrogen) atoms. The largest absolute Gasteiger partial charge is 0.350 e. The summed E-state index contributed by atoms with van der Waals surface area (Å²) in [5.41, 5.74) is 9.18. The van der Waals surface area contributed by atoms with E-state index in [0.29, 0.717) is 0 Å². The molecule has 0 bridgehead atoms. The fraction of sp³-hybridized carbons (Fsp3) is 0.750. The zero-order valence-electron chi connectivity index (χ0n) is 8.25. The molecule has 1 aliphatic heterocycles. The molecule has 3 amide bonds. The Kier molecular flexibility index (Phi) is 3.70. The number of nitrogens with two attached hydrogens (primary N) is 1. The third kappa shape index (κ3) is 3.21. The Balaban J connectivity index is 2.27. The van der Waals surface area contributed by atoms with Crippen molar-refractivity contribution in [1.29, 1.82) is 0 Å². The Morgan fingerprint density at radius 2 is 1.86 bits per heavy atom. The predicted octanol–water partition coefficient (Wildman–Crippen LogP) is -0.972. The van der Waals surface area contributed by atoms with Crippen LogP contribution in [0.5, 0.6) is 0 Å². The highest BCUT2D eigenvalue weighted by Crippen LogP contribution is 2.15. The van der Waals surface area contributed by atoms with Crippen molar-refractivity contribution in [2.75, 3.05) is 20.1 Å². The molecule has 4 N–H and O–H groups in total. The molecule has 6 heteroatoms. The van der Waals surface area contributed by atoms with Crippen LogP contribution in [0.3, 0.4) is 0 Å². The molecule has 0 unspecified atom stereocenters. The van der Waals surface area contributed by atoms with Gasteiger partial charge in [-0.15, -0.1) is 0 Å². The van der Waals surface area contributed by atoms with E-state index in [1.165, 1.54) is 0 Å². The quantitative estimate of drug-likeness (QED) is 0.476. The topological polar surface area (TPSA) is 87.5 Å². The summed E-state index contributed by atoms with van der Waals surface area (Å²) in [7, 11) is 2.02. The van der Waals surface area contributed by atoms with Gasteiger partial charge in [0.25, 0.3) is 0 Å². The van der Waals surface area contributed by atoms with Crippen LogP contribution >= 0.6 is 0 Å². The number of rotatable bonds is 1. The highest BCUT2D eigenvalue weighted by atomic mass is 16.2. The molecule has 0 spiro atoms. The summed E-state index contributed by atoms with van der Waals surface area (Å²) >= 11 is 0. The van der Waals surface area contributed by atoms with Crippen LogP contribution in [-0.4, -0.2) is 37.0 Å². The molecular weight excluding hydrogens is 184 g/mol. The maximum Gasteiger partial charge on any atom is 0.330 e. The molecular formula is C8H16N4O2. The molecule has 1 aliphatic rings. The number of nitrogens with one attached hydrogen (secondary N) is 2. The van der Waals surface area contributed by atoms with E-state index in [-0.39, 0.29) is 11.8 Å². The third-order valence-electron chi connectivity index (χ3n) is 2.40. The molecule has 0 aliphatic carbocycles. The van der Waals surface area contributed by atoms with Gasteiger partial charge in [-0.05, 0) is 33.0 Å². The first-order valence-corrected chi connectivity index (χ1v) is 4.63. The van der Waals surface area contributed by atoms with E-state index >= 15 is 0 Å². The van der Waals surface area contributed by atoms with Crippen LogP contribution in [0, 0.1) is 5.92 Å². The lowest BCUT2D eigenvalue weighted by atomic mass is 9.97. The van der Waals surface area contributed by atoms with Crippen LogP contribution in [0.1, 0.15) is 12.8 Å². The minimum atomic E-state index is -0.744. The van der Waals surface area contributed by atoms with Crippen molar-refractivity contribution >= 4 is 11.9 Å². The highest BCUT2D eigenvalue weighted by molar-refractivity contribution is 5.82. The minimum absolute atomic E-state index is 0.0157. The van der Waals surface area contributed by atoms with E-state index in [2.05, 4.69) is 15.8 Å². The van der Waals surface area contributed by atoms with Crippen LogP contribution in [0.25, 0.3) is 0 Å². The second-order valence-corrected chi connectivity index (χ2v) is 3.56. The summed E-state index contributed by atoms with van der Waals surface area (Å²) in [6.07, 6.45) is 1.64. The Labute approximate surface area is 82.8 Å². The fourth-order valence-electron chi connectivity index (χ4n) is 1.50. The van der Waals surface area contributed by atoms with Crippen molar-refractivity contribution in [3.8, 4) is 0 Å². The number of hydrazine groups is 1. The van der Waals surface area contributed by atoms with E-state index in [9.17, 15) is 9.59 Å². The van der Waals surface area contributed by atoms with Crippen molar-refractivity contribution in [2.45, 2.75) is 12.8 Å². The van der Waals surface area contributed by atoms with Gasteiger partial charge in [0.05, 0.1) is 0 Å². The molecule has 1 heterocycles. The van der Waals surface area contributed by atoms with Crippen molar-refractivity contribution in [3.63, 3.8) is 0 Å². The molecule has 0 aromatic rings. The molecule has 0 atom stereocenters. The van der Waals surface area contributed by atoms with E-state index in [4.69, 9.17) is 5.73 Å². The van der Waals surface area contributed by atoms with Gasteiger partial charge < -0.3 is 10.6 Å². The number of carbonyl (C=O) groups is 2. The number of likely N-dealkylation sites (tertiary alicyclic amines) is 1. The second kappa shape index (κ2) is 4.80. The van der Waals surface area contributed by atoms with Gasteiger partial charge in [0.15, 0.2) is 0 Å². The van der Waals surface area contributed by atoms with Crippen molar-refractivity contribution in [3.05, 3.63) is 0 Å². The minimum Gasteiger partial charge on any atom is -0.350 e. The van der Waals surface area contributed by atoms with Crippen LogP contribution in [-0.2, 0) is 4.79 Å². The normalized spacial score (nSPS) is 18.9. The number of urea groups is 1. The van der Waals surface area contributed by atoms with Crippen LogP contribution in [0.4, 0.5) is 4.79 Å². The standard InChI is InChI=1S/C8H16N4O2/c1-12-4-2-6(3-5-12)7(13)10-11-8(9)14/h6H,2-5H2,1H3,(H,10,13)(H3,9,11,14). The first-order chi connectivity index (χ1) is 6.59. The summed E-state index contributed by atoms with van der Waals surface area (Å²) in [4.78, 5) is 23.9. The molecule has 0 aromatic heterocycles. The molecule has 1 fully saturated rings. The smallest absolute Gasteiger partial charge is 0.330 e. The number of amides is 3. The SMILES string of the molecule is CN1CCC(C(=O)NNC(N)=O)CC1. The van der Waals surface area contributed by atoms with Gasteiger partial charge in [-0.25, -0.2) is 10.2 Å². The van der Waals surface area contributed by atoms with Gasteiger partial charge in [0, 0.05) is 5.92 Å². The lowest BCUT2D eigenvalue weighted by Crippen LogP contribution is -2.48. The zero-order valence-corrected chi connectivity index (χ0v) is 8.25. The number of hydrogen-bond donors (Lipinski definition) is 3. The summed E-state index contributed by atoms with van der Waals surface area (Å²) < 4.78 is 0. The van der Waals surface area contributed by atoms with E-state index in [0.717, 1.165) is 25.9 Å². The first-order valence-electron chi connectivity index (χ1n) is 4.63. The number of primary amides is 1. The molecule has 1 rings (SSSR count). The van der Waals surface area contributed by atoms with E-state index < -0.39 is 6.03 Å². The highest BCUT2D eigenvalue weighted by Gasteiger charge is 2.23. The Bertz CT molecular complexity index is 223. The van der Waals surface area contributed by atoms with Crippen LogP contribution < -0.4 is 16.6 Å². The van der Waals surface area contributed by atoms with Gasteiger partial charge in [-0.1, -0.05) is 0 Å². The zero-order chi connectivity index (χ0) is 10.6. The number of carbonyl (C=O) groups excluding carboxylic acids is 2. The first kappa shape index (κ1) is 10.8. The third-order valence-corrected chi connectivity index (χ3v) is 2.40. The molecule has 0 aromatic carbocycles. The van der Waals surface area contributed by atoms with E-state index in [1.807, 2.05) is 7.05 Å². The average Bonchev–Trinajstić information content (AvgIpc) is 2.15. The van der Waals surface area contributed by atoms with Gasteiger partial charge in [-0.3, -0.25) is 10.2 Å². The van der Waals surface area contributed by atoms with Gasteiger partial charge in [0.1, 0.15) is 0 Å². The Morgan fingerprint density at radius 1 is 1.29 bits per heavy atom. The lowest BCUT2D eigenvalue weighted by Gasteiger charge is -2.27. The molecule has 80 valence electrons. The summed E-state index contributed by atoms with van der Waals surface area (Å²) in [5, 5.41) is 0. The monoisotopic (exact) mass is 200 g/mol. The van der Waals surface area contributed by atoms with Crippen LogP contribution in [0.15, 0.2) is 0 Å². The summed E-state index contributed by atoms with van der Waals surface area (Å²) in [5.74, 6) is -0.171. The Morgan fingerprint density at radius 3 is 2.36 bits per heavy atom. The van der Waals surface area contributed by atoms with Gasteiger partial charge >= 0.3 is 6.03 Å². The van der Waals surface area contributed by atoms with Crippen molar-refractivity contribution in [1.82, 2.24) is 15.8 Å². The number of nitrogens with zero attached hydrogens (tertiary/aromatic N) is 1. The lowest BCUT2D eigenvalue weighted by molar-refractivity contribution is -0.127. The van der Waals surface area contributed by atoms with E-state index in [1.54, 1.807) is 0 Å². The van der Waals surface area contributed by atoms with Crippen molar-refractivity contribution < 1.29 is 9.59 Å². The molecule has 0 radical (unpaired) electrons. The second-order valence-electron chi connectivity index (χ2n) is 3.56. The van der Waals surface area contributed by atoms with Gasteiger partial charge in [0.2, 0.25) is 5.91 Å². The number of hydrogen-bond acceptors (Lipinski definition) is 3. The van der Waals surface area contributed by atoms with Crippen molar-refractivity contribution in [2.24, 2.45) is 11.7 Å². The maximum absolute atomic E-state index is 11.4. The predicted molar refractivity (Wildman–Crippen MR) is 51.1 cm³/mol. The molecule has 1 saturated heterocycles. The molecule has 6 nitrogen and oxygen atoms in total. The van der Waals surface area contributed by atoms with Crippen LogP contribution in [0.2, 0.25) is 0 Å². The average molecular weight is 200 g/mol. The Hall–Kier alpha value is -1.30. The number of piperidine rings is 1. The maximum atomic E-state index is 11.4. The summed E-state index contributed by atoms with van der Waals surface area (Å²) in [6.45, 7) is 1.82. The fourth-order valence-corrected chi connectivity index (χ4v) is 1.50.